The molecule has 2 heterocycles. The Kier molecular flexibility index (Phi) is 7.63. The minimum Gasteiger partial charge on any atom is -0.379 e. The zero-order valence-electron chi connectivity index (χ0n) is 18.3. The number of carbonyl (C=O) groups excluding carboxylic acids is 1. The fourth-order valence-corrected chi connectivity index (χ4v) is 5.70. The summed E-state index contributed by atoms with van der Waals surface area (Å²) >= 11 is 0. The van der Waals surface area contributed by atoms with Crippen LogP contribution in [0.4, 0.5) is 0 Å². The molecular formula is C23H35N3O4S. The molecule has 1 aromatic rings. The zero-order chi connectivity index (χ0) is 21.7. The van der Waals surface area contributed by atoms with E-state index in [4.69, 9.17) is 4.74 Å². The first kappa shape index (κ1) is 22.7. The van der Waals surface area contributed by atoms with Gasteiger partial charge in [-0.2, -0.15) is 0 Å². The second-order valence-electron chi connectivity index (χ2n) is 9.11. The fourth-order valence-electron chi connectivity index (χ4n) is 4.39. The first-order valence-electron chi connectivity index (χ1n) is 11.7. The minimum absolute atomic E-state index is 0.103. The van der Waals surface area contributed by atoms with Gasteiger partial charge in [0.1, 0.15) is 0 Å². The maximum Gasteiger partial charge on any atom is 0.240 e. The van der Waals surface area contributed by atoms with E-state index in [1.54, 1.807) is 12.1 Å². The number of nitrogens with zero attached hydrogens (tertiary/aromatic N) is 2. The number of hydrogen-bond acceptors (Lipinski definition) is 5. The molecule has 2 saturated heterocycles. The molecule has 1 N–H and O–H groups in total. The van der Waals surface area contributed by atoms with Gasteiger partial charge in [-0.3, -0.25) is 9.69 Å². The van der Waals surface area contributed by atoms with Gasteiger partial charge in [-0.05, 0) is 68.7 Å². The molecule has 0 aromatic heterocycles. The van der Waals surface area contributed by atoms with Crippen LogP contribution >= 0.6 is 0 Å². The summed E-state index contributed by atoms with van der Waals surface area (Å²) in [4.78, 5) is 17.4. The van der Waals surface area contributed by atoms with Gasteiger partial charge in [-0.1, -0.05) is 12.1 Å². The van der Waals surface area contributed by atoms with E-state index in [2.05, 4.69) is 9.62 Å². The number of hydrogen-bond donors (Lipinski definition) is 1. The maximum absolute atomic E-state index is 12.6. The molecule has 0 bridgehead atoms. The SMILES string of the molecule is O=C(CCc1ccc(S(=O)(=O)NC2CC2)cc1)N1CCC(CCN2CCOCC2)CC1. The number of rotatable bonds is 9. The van der Waals surface area contributed by atoms with E-state index in [0.717, 1.165) is 77.2 Å². The Morgan fingerprint density at radius 2 is 1.68 bits per heavy atom. The van der Waals surface area contributed by atoms with Crippen LogP contribution in [0.5, 0.6) is 0 Å². The first-order chi connectivity index (χ1) is 15.0. The molecular weight excluding hydrogens is 414 g/mol. The van der Waals surface area contributed by atoms with E-state index < -0.39 is 10.0 Å². The van der Waals surface area contributed by atoms with Gasteiger partial charge in [0.05, 0.1) is 18.1 Å². The number of amides is 1. The average molecular weight is 450 g/mol. The number of carbonyl (C=O) groups is 1. The molecule has 172 valence electrons. The molecule has 31 heavy (non-hydrogen) atoms. The summed E-state index contributed by atoms with van der Waals surface area (Å²) in [6.45, 7) is 6.64. The Labute approximate surface area is 186 Å². The van der Waals surface area contributed by atoms with E-state index in [0.29, 0.717) is 23.7 Å². The van der Waals surface area contributed by atoms with Crippen molar-refractivity contribution in [1.29, 1.82) is 0 Å². The summed E-state index contributed by atoms with van der Waals surface area (Å²) in [6, 6.07) is 7.04. The first-order valence-corrected chi connectivity index (χ1v) is 13.2. The predicted octanol–water partition coefficient (Wildman–Crippen LogP) is 2.02. The molecule has 3 aliphatic rings. The van der Waals surface area contributed by atoms with E-state index in [9.17, 15) is 13.2 Å². The van der Waals surface area contributed by atoms with Crippen LogP contribution in [-0.4, -0.2) is 76.1 Å². The van der Waals surface area contributed by atoms with Crippen molar-refractivity contribution in [2.24, 2.45) is 5.92 Å². The van der Waals surface area contributed by atoms with Crippen LogP contribution in [0.2, 0.25) is 0 Å². The van der Waals surface area contributed by atoms with Crippen molar-refractivity contribution >= 4 is 15.9 Å². The van der Waals surface area contributed by atoms with Crippen LogP contribution in [0.1, 0.15) is 44.1 Å². The van der Waals surface area contributed by atoms with Crippen LogP contribution in [0, 0.1) is 5.92 Å². The lowest BCUT2D eigenvalue weighted by molar-refractivity contribution is -0.132. The molecule has 4 rings (SSSR count). The molecule has 1 amide bonds. The molecule has 8 heteroatoms. The number of likely N-dealkylation sites (tertiary alicyclic amines) is 1. The Bertz CT molecular complexity index is 825. The minimum atomic E-state index is -3.41. The average Bonchev–Trinajstić information content (AvgIpc) is 3.61. The quantitative estimate of drug-likeness (QED) is 0.624. The number of piperidine rings is 1. The molecule has 1 aliphatic carbocycles. The van der Waals surface area contributed by atoms with Crippen molar-refractivity contribution in [1.82, 2.24) is 14.5 Å². The summed E-state index contributed by atoms with van der Waals surface area (Å²) in [7, 11) is -3.41. The summed E-state index contributed by atoms with van der Waals surface area (Å²) in [5, 5.41) is 0. The van der Waals surface area contributed by atoms with Gasteiger partial charge in [0.15, 0.2) is 0 Å². The Morgan fingerprint density at radius 3 is 2.32 bits per heavy atom. The lowest BCUT2D eigenvalue weighted by Gasteiger charge is -2.34. The number of benzene rings is 1. The van der Waals surface area contributed by atoms with E-state index in [1.807, 2.05) is 17.0 Å². The normalized spacial score (nSPS) is 21.4. The molecule has 1 aromatic carbocycles. The standard InChI is InChI=1S/C23H35N3O4S/c27-23(26-13-10-20(11-14-26)9-12-25-15-17-30-18-16-25)8-3-19-1-6-22(7-2-19)31(28,29)24-21-4-5-21/h1-2,6-7,20-21,24H,3-5,8-18H2. The van der Waals surface area contributed by atoms with Crippen molar-refractivity contribution in [2.75, 3.05) is 45.9 Å². The number of aryl methyl sites for hydroxylation is 1. The summed E-state index contributed by atoms with van der Waals surface area (Å²) < 4.78 is 32.6. The van der Waals surface area contributed by atoms with Gasteiger partial charge in [-0.25, -0.2) is 13.1 Å². The highest BCUT2D eigenvalue weighted by Crippen LogP contribution is 2.23. The summed E-state index contributed by atoms with van der Waals surface area (Å²) in [5.74, 6) is 0.921. The van der Waals surface area contributed by atoms with Crippen LogP contribution in [0.15, 0.2) is 29.2 Å². The zero-order valence-corrected chi connectivity index (χ0v) is 19.1. The predicted molar refractivity (Wildman–Crippen MR) is 119 cm³/mol. The molecule has 3 fully saturated rings. The smallest absolute Gasteiger partial charge is 0.240 e. The molecule has 0 unspecified atom stereocenters. The van der Waals surface area contributed by atoms with Crippen LogP contribution < -0.4 is 4.72 Å². The van der Waals surface area contributed by atoms with Gasteiger partial charge in [-0.15, -0.1) is 0 Å². The van der Waals surface area contributed by atoms with Crippen molar-refractivity contribution in [2.45, 2.75) is 55.9 Å². The molecule has 0 atom stereocenters. The second kappa shape index (κ2) is 10.4. The largest absolute Gasteiger partial charge is 0.379 e. The lowest BCUT2D eigenvalue weighted by atomic mass is 9.93. The third-order valence-corrected chi connectivity index (χ3v) is 8.22. The summed E-state index contributed by atoms with van der Waals surface area (Å²) in [5.41, 5.74) is 0.999. The highest BCUT2D eigenvalue weighted by molar-refractivity contribution is 7.89. The van der Waals surface area contributed by atoms with Crippen molar-refractivity contribution in [3.05, 3.63) is 29.8 Å². The van der Waals surface area contributed by atoms with Crippen molar-refractivity contribution in [3.63, 3.8) is 0 Å². The van der Waals surface area contributed by atoms with Crippen LogP contribution in [0.3, 0.4) is 0 Å². The maximum atomic E-state index is 12.6. The van der Waals surface area contributed by atoms with Crippen LogP contribution in [-0.2, 0) is 26.0 Å². The third kappa shape index (κ3) is 6.75. The second-order valence-corrected chi connectivity index (χ2v) is 10.8. The van der Waals surface area contributed by atoms with Crippen molar-refractivity contribution < 1.29 is 17.9 Å². The van der Waals surface area contributed by atoms with Gasteiger partial charge in [0.2, 0.25) is 15.9 Å². The highest BCUT2D eigenvalue weighted by Gasteiger charge is 2.28. The Balaban J connectivity index is 1.16. The van der Waals surface area contributed by atoms with E-state index >= 15 is 0 Å². The van der Waals surface area contributed by atoms with Gasteiger partial charge < -0.3 is 9.64 Å². The molecule has 1 saturated carbocycles. The van der Waals surface area contributed by atoms with Gasteiger partial charge >= 0.3 is 0 Å². The number of ether oxygens (including phenoxy) is 1. The lowest BCUT2D eigenvalue weighted by Crippen LogP contribution is -2.40. The number of nitrogens with one attached hydrogen (secondary N) is 1. The fraction of sp³-hybridized carbons (Fsp3) is 0.696. The number of morpholine rings is 1. The van der Waals surface area contributed by atoms with Crippen LogP contribution in [0.25, 0.3) is 0 Å². The molecule has 0 spiro atoms. The van der Waals surface area contributed by atoms with Crippen molar-refractivity contribution in [3.8, 4) is 0 Å². The summed E-state index contributed by atoms with van der Waals surface area (Å²) in [6.07, 6.45) is 6.37. The Morgan fingerprint density at radius 1 is 1.00 bits per heavy atom. The Hall–Kier alpha value is -1.48. The molecule has 2 aliphatic heterocycles. The van der Waals surface area contributed by atoms with E-state index in [-0.39, 0.29) is 11.9 Å². The number of sulfonamides is 1. The van der Waals surface area contributed by atoms with E-state index in [1.165, 1.54) is 6.42 Å². The third-order valence-electron chi connectivity index (χ3n) is 6.68. The molecule has 0 radical (unpaired) electrons. The topological polar surface area (TPSA) is 79.0 Å². The van der Waals surface area contributed by atoms with Gasteiger partial charge in [0.25, 0.3) is 0 Å². The van der Waals surface area contributed by atoms with Gasteiger partial charge in [0, 0.05) is 38.6 Å². The highest BCUT2D eigenvalue weighted by atomic mass is 32.2. The molecule has 7 nitrogen and oxygen atoms in total. The monoisotopic (exact) mass is 449 g/mol.